The first kappa shape index (κ1) is 18.3. The van der Waals surface area contributed by atoms with E-state index in [1.807, 2.05) is 0 Å². The summed E-state index contributed by atoms with van der Waals surface area (Å²) in [4.78, 5) is 7.60. The van der Waals surface area contributed by atoms with Crippen molar-refractivity contribution in [3.05, 3.63) is 23.9 Å². The number of fused-ring (bicyclic) bond motifs is 1. The molecule has 0 aromatic heterocycles. The lowest BCUT2D eigenvalue weighted by Gasteiger charge is -2.32. The van der Waals surface area contributed by atoms with Gasteiger partial charge in [0.15, 0.2) is 0 Å². The average molecular weight is 319 g/mol. The molecule has 0 radical (unpaired) electrons. The van der Waals surface area contributed by atoms with Gasteiger partial charge in [-0.25, -0.2) is 0 Å². The first-order valence-corrected chi connectivity index (χ1v) is 9.39. The molecule has 23 heavy (non-hydrogen) atoms. The molecule has 3 nitrogen and oxygen atoms in total. The molecule has 0 unspecified atom stereocenters. The second kappa shape index (κ2) is 9.27. The van der Waals surface area contributed by atoms with Gasteiger partial charge in [0, 0.05) is 19.2 Å². The molecule has 2 aliphatic heterocycles. The Balaban J connectivity index is 2.06. The van der Waals surface area contributed by atoms with E-state index in [0.717, 1.165) is 12.8 Å². The van der Waals surface area contributed by atoms with Crippen LogP contribution in [0.5, 0.6) is 0 Å². The summed E-state index contributed by atoms with van der Waals surface area (Å²) in [6.45, 7) is 7.45. The normalized spacial score (nSPS) is 23.5. The summed E-state index contributed by atoms with van der Waals surface area (Å²) in [5.41, 5.74) is 1.45. The molecule has 0 aromatic carbocycles. The van der Waals surface area contributed by atoms with E-state index in [4.69, 9.17) is 9.73 Å². The molecule has 2 aliphatic rings. The van der Waals surface area contributed by atoms with Gasteiger partial charge < -0.3 is 9.64 Å². The monoisotopic (exact) mass is 318 g/mol. The predicted molar refractivity (Wildman–Crippen MR) is 98.8 cm³/mol. The van der Waals surface area contributed by atoms with Crippen molar-refractivity contribution in [2.45, 2.75) is 77.8 Å². The van der Waals surface area contributed by atoms with Gasteiger partial charge in [-0.1, -0.05) is 58.6 Å². The molecule has 0 amide bonds. The van der Waals surface area contributed by atoms with Crippen LogP contribution in [0.1, 0.15) is 65.7 Å². The van der Waals surface area contributed by atoms with Gasteiger partial charge in [0.1, 0.15) is 5.84 Å². The van der Waals surface area contributed by atoms with Crippen molar-refractivity contribution in [3.63, 3.8) is 0 Å². The maximum absolute atomic E-state index is 5.38. The number of hydrogen-bond acceptors (Lipinski definition) is 2. The number of allylic oxidation sites excluding steroid dienone is 3. The molecule has 3 heteroatoms. The third-order valence-electron chi connectivity index (χ3n) is 4.92. The third-order valence-corrected chi connectivity index (χ3v) is 4.92. The van der Waals surface area contributed by atoms with Crippen molar-refractivity contribution in [1.82, 2.24) is 4.90 Å². The highest BCUT2D eigenvalue weighted by atomic mass is 16.5. The molecule has 0 aliphatic carbocycles. The quantitative estimate of drug-likeness (QED) is 0.562. The van der Waals surface area contributed by atoms with Crippen LogP contribution in [-0.2, 0) is 4.74 Å². The summed E-state index contributed by atoms with van der Waals surface area (Å²) in [5, 5.41) is 0. The van der Waals surface area contributed by atoms with Gasteiger partial charge in [-0.05, 0) is 24.8 Å². The highest BCUT2D eigenvalue weighted by Gasteiger charge is 2.31. The Labute approximate surface area is 142 Å². The number of hydrogen-bond donors (Lipinski definition) is 0. The fraction of sp³-hybridized carbons (Fsp3) is 0.750. The summed E-state index contributed by atoms with van der Waals surface area (Å²) >= 11 is 0. The van der Waals surface area contributed by atoms with Crippen molar-refractivity contribution in [3.8, 4) is 0 Å². The molecule has 0 saturated carbocycles. The summed E-state index contributed by atoms with van der Waals surface area (Å²) in [6, 6.07) is 0.768. The molecule has 0 N–H and O–H groups in total. The first-order chi connectivity index (χ1) is 11.2. The molecule has 2 atom stereocenters. The lowest BCUT2D eigenvalue weighted by Crippen LogP contribution is -2.36. The molecule has 2 heterocycles. The molecule has 0 aromatic rings. The van der Waals surface area contributed by atoms with E-state index in [0.29, 0.717) is 18.6 Å². The number of ether oxygens (including phenoxy) is 1. The molecule has 130 valence electrons. The predicted octanol–water partition coefficient (Wildman–Crippen LogP) is 4.94. The van der Waals surface area contributed by atoms with Crippen molar-refractivity contribution >= 4 is 5.84 Å². The number of unbranched alkanes of at least 4 members (excludes halogenated alkanes) is 3. The maximum atomic E-state index is 5.38. The Kier molecular flexibility index (Phi) is 7.35. The lowest BCUT2D eigenvalue weighted by atomic mass is 10.0. The van der Waals surface area contributed by atoms with E-state index in [9.17, 15) is 0 Å². The minimum atomic E-state index is 0.265. The zero-order valence-corrected chi connectivity index (χ0v) is 15.4. The van der Waals surface area contributed by atoms with Gasteiger partial charge in [0.25, 0.3) is 0 Å². The van der Waals surface area contributed by atoms with Crippen molar-refractivity contribution in [1.29, 1.82) is 0 Å². The molecule has 1 saturated heterocycles. The van der Waals surface area contributed by atoms with Gasteiger partial charge in [0.05, 0.1) is 18.7 Å². The second-order valence-electron chi connectivity index (χ2n) is 7.14. The van der Waals surface area contributed by atoms with Crippen LogP contribution in [-0.4, -0.2) is 36.5 Å². The van der Waals surface area contributed by atoms with Crippen LogP contribution in [0.25, 0.3) is 0 Å². The number of aliphatic imine (C=N–C) groups is 1. The Morgan fingerprint density at radius 3 is 2.78 bits per heavy atom. The third kappa shape index (κ3) is 4.94. The number of nitrogens with zero attached hydrogens (tertiary/aromatic N) is 2. The van der Waals surface area contributed by atoms with Crippen LogP contribution in [0.15, 0.2) is 28.9 Å². The zero-order chi connectivity index (χ0) is 16.7. The van der Waals surface area contributed by atoms with Crippen LogP contribution >= 0.6 is 0 Å². The Bertz CT molecular complexity index is 451. The molecule has 0 bridgehead atoms. The number of rotatable bonds is 9. The minimum Gasteiger partial charge on any atom is -0.382 e. The van der Waals surface area contributed by atoms with Gasteiger partial charge in [-0.2, -0.15) is 0 Å². The summed E-state index contributed by atoms with van der Waals surface area (Å²) in [5.74, 6) is 1.79. The largest absolute Gasteiger partial charge is 0.382 e. The van der Waals surface area contributed by atoms with E-state index < -0.39 is 0 Å². The second-order valence-corrected chi connectivity index (χ2v) is 7.14. The number of methoxy groups -OCH3 is 1. The average Bonchev–Trinajstić information content (AvgIpc) is 2.95. The Morgan fingerprint density at radius 1 is 1.26 bits per heavy atom. The van der Waals surface area contributed by atoms with E-state index in [-0.39, 0.29) is 6.04 Å². The number of amidine groups is 1. The fourth-order valence-corrected chi connectivity index (χ4v) is 3.47. The smallest absolute Gasteiger partial charge is 0.104 e. The van der Waals surface area contributed by atoms with Crippen LogP contribution in [0, 0.1) is 5.92 Å². The molecule has 1 fully saturated rings. The Morgan fingerprint density at radius 2 is 2.09 bits per heavy atom. The highest BCUT2D eigenvalue weighted by molar-refractivity contribution is 5.88. The lowest BCUT2D eigenvalue weighted by molar-refractivity contribution is 0.164. The van der Waals surface area contributed by atoms with Gasteiger partial charge in [-0.15, -0.1) is 0 Å². The Hall–Kier alpha value is -1.09. The summed E-state index contributed by atoms with van der Waals surface area (Å²) in [7, 11) is 1.77. The minimum absolute atomic E-state index is 0.265. The van der Waals surface area contributed by atoms with Crippen LogP contribution in [0.2, 0.25) is 0 Å². The van der Waals surface area contributed by atoms with Crippen LogP contribution < -0.4 is 0 Å². The molecular weight excluding hydrogens is 284 g/mol. The van der Waals surface area contributed by atoms with Gasteiger partial charge in [-0.3, -0.25) is 4.99 Å². The summed E-state index contributed by atoms with van der Waals surface area (Å²) < 4.78 is 5.38. The maximum Gasteiger partial charge on any atom is 0.104 e. The van der Waals surface area contributed by atoms with Crippen molar-refractivity contribution < 1.29 is 4.74 Å². The standard InChI is InChI=1S/C20H34N2O/c1-5-6-7-8-10-17-11-9-12-18-13-14-20(22(17)18)21-19(15-23-4)16(2)3/h9,11-12,16-17,19H,5-8,10,13-15H2,1-4H3/t17-,19-/m1/s1. The van der Waals surface area contributed by atoms with Crippen LogP contribution in [0.4, 0.5) is 0 Å². The van der Waals surface area contributed by atoms with E-state index in [1.54, 1.807) is 7.11 Å². The van der Waals surface area contributed by atoms with E-state index in [2.05, 4.69) is 43.9 Å². The zero-order valence-electron chi connectivity index (χ0n) is 15.4. The van der Waals surface area contributed by atoms with E-state index >= 15 is 0 Å². The van der Waals surface area contributed by atoms with Crippen LogP contribution in [0.3, 0.4) is 0 Å². The molecule has 2 rings (SSSR count). The van der Waals surface area contributed by atoms with Gasteiger partial charge >= 0.3 is 0 Å². The molecule has 0 spiro atoms. The molecular formula is C20H34N2O. The highest BCUT2D eigenvalue weighted by Crippen LogP contribution is 2.32. The first-order valence-electron chi connectivity index (χ1n) is 9.39. The SMILES string of the molecule is CCCCCC[C@@H]1C=CC=C2CCC(=N[C@H](COC)C(C)C)N21. The fourth-order valence-electron chi connectivity index (χ4n) is 3.47. The van der Waals surface area contributed by atoms with E-state index in [1.165, 1.54) is 43.6 Å². The topological polar surface area (TPSA) is 24.8 Å². The van der Waals surface area contributed by atoms with Gasteiger partial charge in [0.2, 0.25) is 0 Å². The summed E-state index contributed by atoms with van der Waals surface area (Å²) in [6.07, 6.45) is 15.6. The van der Waals surface area contributed by atoms with Crippen molar-refractivity contribution in [2.75, 3.05) is 13.7 Å². The van der Waals surface area contributed by atoms with Crippen molar-refractivity contribution in [2.24, 2.45) is 10.9 Å².